The molecule has 0 radical (unpaired) electrons. The first-order valence-electron chi connectivity index (χ1n) is 3.36. The molecule has 8 nitrogen and oxygen atoms in total. The summed E-state index contributed by atoms with van der Waals surface area (Å²) in [4.78, 5) is 26.0. The van der Waals surface area contributed by atoms with Crippen LogP contribution in [0.2, 0.25) is 0 Å². The van der Waals surface area contributed by atoms with E-state index in [0.29, 0.717) is 0 Å². The highest BCUT2D eigenvalue weighted by Gasteiger charge is 2.17. The fourth-order valence-electron chi connectivity index (χ4n) is 0.333. The molecule has 0 spiro atoms. The van der Waals surface area contributed by atoms with E-state index in [1.165, 1.54) is 19.0 Å². The Morgan fingerprint density at radius 2 is 1.93 bits per heavy atom. The van der Waals surface area contributed by atoms with Gasteiger partial charge in [0.2, 0.25) is 0 Å². The molecule has 0 aliphatic carbocycles. The molecule has 0 heterocycles. The fraction of sp³-hybridized carbons (Fsp3) is 0.600. The smallest absolute Gasteiger partial charge is 0.337 e. The van der Waals surface area contributed by atoms with Gasteiger partial charge < -0.3 is 9.94 Å². The summed E-state index contributed by atoms with van der Waals surface area (Å²) >= 11 is 0. The highest BCUT2D eigenvalue weighted by molar-refractivity contribution is 7.86. The molecule has 0 aromatic rings. The minimum Gasteiger partial charge on any atom is -0.481 e. The molecule has 9 heteroatoms. The minimum absolute atomic E-state index is 0.765. The van der Waals surface area contributed by atoms with Crippen LogP contribution in [0, 0.1) is 0 Å². The minimum atomic E-state index is -3.88. The third-order valence-electron chi connectivity index (χ3n) is 1.04. The molecule has 82 valence electrons. The zero-order chi connectivity index (χ0) is 11.4. The van der Waals surface area contributed by atoms with Crippen LogP contribution < -0.4 is 4.89 Å². The lowest BCUT2D eigenvalue weighted by atomic mass is 10.5. The van der Waals surface area contributed by atoms with Crippen LogP contribution in [0.5, 0.6) is 0 Å². The summed E-state index contributed by atoms with van der Waals surface area (Å²) in [5.41, 5.74) is 0. The van der Waals surface area contributed by atoms with Gasteiger partial charge in [0.15, 0.2) is 0 Å². The van der Waals surface area contributed by atoms with Crippen molar-refractivity contribution in [2.45, 2.75) is 6.42 Å². The van der Waals surface area contributed by atoms with Crippen LogP contribution in [0.4, 0.5) is 0 Å². The number of nitrogens with zero attached hydrogens (tertiary/aromatic N) is 1. The van der Waals surface area contributed by atoms with Crippen LogP contribution >= 0.6 is 0 Å². The quantitative estimate of drug-likeness (QED) is 0.427. The molecule has 0 saturated carbocycles. The van der Waals surface area contributed by atoms with Gasteiger partial charge in [-0.1, -0.05) is 0 Å². The molecule has 0 rings (SSSR count). The van der Waals surface area contributed by atoms with Gasteiger partial charge in [-0.15, -0.1) is 0 Å². The topological polar surface area (TPSA) is 113 Å². The van der Waals surface area contributed by atoms with E-state index < -0.39 is 28.6 Å². The van der Waals surface area contributed by atoms with E-state index in [1.807, 2.05) is 0 Å². The second-order valence-electron chi connectivity index (χ2n) is 2.42. The Morgan fingerprint density at radius 3 is 2.29 bits per heavy atom. The monoisotopic (exact) mass is 226 g/mol. The molecule has 0 aliphatic heterocycles. The molecule has 0 bridgehead atoms. The van der Waals surface area contributed by atoms with Gasteiger partial charge in [-0.3, -0.25) is 4.79 Å². The van der Waals surface area contributed by atoms with Gasteiger partial charge >= 0.3 is 22.1 Å². The van der Waals surface area contributed by atoms with Crippen LogP contribution in [-0.4, -0.2) is 43.9 Å². The second-order valence-corrected chi connectivity index (χ2v) is 4.26. The van der Waals surface area contributed by atoms with Crippen molar-refractivity contribution in [2.24, 2.45) is 0 Å². The molecule has 0 amide bonds. The lowest BCUT2D eigenvalue weighted by molar-refractivity contribution is -0.153. The van der Waals surface area contributed by atoms with E-state index in [2.05, 4.69) is 4.84 Å². The average molecular weight is 226 g/mol. The van der Waals surface area contributed by atoms with Gasteiger partial charge in [0.05, 0.1) is 0 Å². The molecule has 0 unspecified atom stereocenters. The predicted octanol–water partition coefficient (Wildman–Crippen LogP) is -1.68. The Hall–Kier alpha value is -1.19. The number of hydrogen-bond acceptors (Lipinski definition) is 5. The van der Waals surface area contributed by atoms with Gasteiger partial charge in [-0.05, 0) is 4.89 Å². The summed E-state index contributed by atoms with van der Waals surface area (Å²) in [6.45, 7) is 0. The summed E-state index contributed by atoms with van der Waals surface area (Å²) in [7, 11) is -1.45. The third-order valence-corrected chi connectivity index (χ3v) is 2.29. The van der Waals surface area contributed by atoms with Crippen LogP contribution in [0.25, 0.3) is 0 Å². The van der Waals surface area contributed by atoms with Crippen molar-refractivity contribution in [1.82, 2.24) is 9.19 Å². The third kappa shape index (κ3) is 4.74. The van der Waals surface area contributed by atoms with E-state index in [1.54, 1.807) is 0 Å². The van der Waals surface area contributed by atoms with Gasteiger partial charge in [0, 0.05) is 14.1 Å². The largest absolute Gasteiger partial charge is 0.481 e. The number of carboxylic acids is 1. The molecule has 0 aliphatic rings. The molecular formula is C5H10N2O6S. The van der Waals surface area contributed by atoms with E-state index in [-0.39, 0.29) is 0 Å². The SMILES string of the molecule is CN(C)S(=O)(=O)NOC(=O)CC(=O)O. The maximum absolute atomic E-state index is 10.9. The molecule has 0 saturated heterocycles. The van der Waals surface area contributed by atoms with Gasteiger partial charge in [0.25, 0.3) is 0 Å². The van der Waals surface area contributed by atoms with Crippen LogP contribution in [0.1, 0.15) is 6.42 Å². The number of carbonyl (C=O) groups is 2. The molecular weight excluding hydrogens is 216 g/mol. The Morgan fingerprint density at radius 1 is 1.43 bits per heavy atom. The van der Waals surface area contributed by atoms with E-state index in [0.717, 1.165) is 4.31 Å². The zero-order valence-corrected chi connectivity index (χ0v) is 8.37. The van der Waals surface area contributed by atoms with Crippen molar-refractivity contribution >= 4 is 22.1 Å². The second kappa shape index (κ2) is 4.88. The number of carboxylic acid groups (broad SMARTS) is 1. The summed E-state index contributed by atoms with van der Waals surface area (Å²) < 4.78 is 22.6. The summed E-state index contributed by atoms with van der Waals surface area (Å²) in [6, 6.07) is 0. The highest BCUT2D eigenvalue weighted by Crippen LogP contribution is 1.90. The summed E-state index contributed by atoms with van der Waals surface area (Å²) in [5.74, 6) is -2.60. The van der Waals surface area contributed by atoms with Gasteiger partial charge in [-0.2, -0.15) is 12.7 Å². The molecule has 0 atom stereocenters. The Balaban J connectivity index is 4.08. The van der Waals surface area contributed by atoms with Crippen molar-refractivity contribution in [3.8, 4) is 0 Å². The first-order chi connectivity index (χ1) is 6.25. The maximum atomic E-state index is 10.9. The maximum Gasteiger partial charge on any atom is 0.337 e. The number of aliphatic carboxylic acids is 1. The predicted molar refractivity (Wildman–Crippen MR) is 44.1 cm³/mol. The molecule has 0 aromatic carbocycles. The van der Waals surface area contributed by atoms with Crippen LogP contribution in [0.15, 0.2) is 0 Å². The van der Waals surface area contributed by atoms with Crippen molar-refractivity contribution in [1.29, 1.82) is 0 Å². The van der Waals surface area contributed by atoms with Gasteiger partial charge in [-0.25, -0.2) is 4.79 Å². The van der Waals surface area contributed by atoms with Crippen molar-refractivity contribution in [3.63, 3.8) is 0 Å². The lowest BCUT2D eigenvalue weighted by Crippen LogP contribution is -2.37. The normalized spacial score (nSPS) is 11.4. The number of hydrogen-bond donors (Lipinski definition) is 2. The van der Waals surface area contributed by atoms with Gasteiger partial charge in [0.1, 0.15) is 6.42 Å². The Labute approximate surface area is 80.6 Å². The van der Waals surface area contributed by atoms with Crippen molar-refractivity contribution in [2.75, 3.05) is 14.1 Å². The number of rotatable bonds is 5. The van der Waals surface area contributed by atoms with Crippen LogP contribution in [-0.2, 0) is 24.6 Å². The number of carbonyl (C=O) groups excluding carboxylic acids is 1. The van der Waals surface area contributed by atoms with Crippen LogP contribution in [0.3, 0.4) is 0 Å². The fourth-order valence-corrected chi connectivity index (χ4v) is 0.681. The average Bonchev–Trinajstić information content (AvgIpc) is 1.99. The number of nitrogens with one attached hydrogen (secondary N) is 1. The molecule has 14 heavy (non-hydrogen) atoms. The first-order valence-corrected chi connectivity index (χ1v) is 4.80. The molecule has 2 N–H and O–H groups in total. The molecule has 0 fully saturated rings. The highest BCUT2D eigenvalue weighted by atomic mass is 32.2. The zero-order valence-electron chi connectivity index (χ0n) is 7.55. The van der Waals surface area contributed by atoms with E-state index >= 15 is 0 Å². The first kappa shape index (κ1) is 12.8. The summed E-state index contributed by atoms with van der Waals surface area (Å²) in [6.07, 6.45) is -0.907. The van der Waals surface area contributed by atoms with E-state index in [4.69, 9.17) is 5.11 Å². The van der Waals surface area contributed by atoms with E-state index in [9.17, 15) is 18.0 Å². The van der Waals surface area contributed by atoms with Crippen molar-refractivity contribution in [3.05, 3.63) is 0 Å². The lowest BCUT2D eigenvalue weighted by Gasteiger charge is -2.10. The summed E-state index contributed by atoms with van der Waals surface area (Å²) in [5, 5.41) is 8.13. The molecule has 0 aromatic heterocycles. The Bertz CT molecular complexity index is 321. The Kier molecular flexibility index (Phi) is 4.47. The van der Waals surface area contributed by atoms with Crippen molar-refractivity contribution < 1.29 is 28.0 Å². The standard InChI is InChI=1S/C5H10N2O6S/c1-7(2)14(11,12)6-13-5(10)3-4(8)9/h6H,3H2,1-2H3,(H,8,9).